The van der Waals surface area contributed by atoms with Crippen LogP contribution in [0.25, 0.3) is 11.3 Å². The number of nitrogens with one attached hydrogen (secondary N) is 1. The van der Waals surface area contributed by atoms with E-state index in [1.807, 2.05) is 0 Å². The molecule has 2 aromatic heterocycles. The lowest BCUT2D eigenvalue weighted by molar-refractivity contribution is 0.101. The van der Waals surface area contributed by atoms with E-state index in [1.165, 1.54) is 41.2 Å². The van der Waals surface area contributed by atoms with Crippen LogP contribution in [-0.4, -0.2) is 34.6 Å². The number of nitrogens with zero attached hydrogens (tertiary/aromatic N) is 3. The number of rotatable bonds is 3. The molecule has 7 nitrogen and oxygen atoms in total. The third kappa shape index (κ3) is 2.76. The fourth-order valence-corrected chi connectivity index (χ4v) is 4.20. The van der Waals surface area contributed by atoms with Gasteiger partial charge in [0, 0.05) is 30.2 Å². The lowest BCUT2D eigenvalue weighted by Crippen LogP contribution is -2.17. The third-order valence-electron chi connectivity index (χ3n) is 4.07. The summed E-state index contributed by atoms with van der Waals surface area (Å²) in [7, 11) is -3.54. The highest BCUT2D eigenvalue weighted by Gasteiger charge is 2.35. The molecular weight excluding hydrogens is 359 g/mol. The van der Waals surface area contributed by atoms with Gasteiger partial charge in [0.1, 0.15) is 17.2 Å². The van der Waals surface area contributed by atoms with Gasteiger partial charge < -0.3 is 9.88 Å². The highest BCUT2D eigenvalue weighted by atomic mass is 32.2. The van der Waals surface area contributed by atoms with Crippen molar-refractivity contribution < 1.29 is 17.6 Å². The normalized spacial score (nSPS) is 14.8. The Kier molecular flexibility index (Phi) is 3.80. The van der Waals surface area contributed by atoms with E-state index in [1.54, 1.807) is 12.1 Å². The number of anilines is 1. The summed E-state index contributed by atoms with van der Waals surface area (Å²) in [6.45, 7) is 0.144. The first kappa shape index (κ1) is 16.4. The van der Waals surface area contributed by atoms with Gasteiger partial charge in [0.25, 0.3) is 5.91 Å². The summed E-state index contributed by atoms with van der Waals surface area (Å²) in [4.78, 5) is 20.9. The molecule has 0 spiro atoms. The molecule has 9 heteroatoms. The summed E-state index contributed by atoms with van der Waals surface area (Å²) in [6.07, 6.45) is 3.06. The van der Waals surface area contributed by atoms with Crippen molar-refractivity contribution in [3.63, 3.8) is 0 Å². The van der Waals surface area contributed by atoms with Gasteiger partial charge in [-0.05, 0) is 36.4 Å². The van der Waals surface area contributed by atoms with Gasteiger partial charge in [-0.3, -0.25) is 9.78 Å². The Morgan fingerprint density at radius 1 is 1.12 bits per heavy atom. The summed E-state index contributed by atoms with van der Waals surface area (Å²) < 4.78 is 39.0. The number of carbonyl (C=O) groups excluding carboxylic acids is 1. The van der Waals surface area contributed by atoms with Crippen LogP contribution in [0, 0.1) is 5.82 Å². The largest absolute Gasteiger partial charge is 0.321 e. The maximum atomic E-state index is 13.2. The molecule has 3 heterocycles. The second-order valence-electron chi connectivity index (χ2n) is 5.76. The molecule has 4 rings (SSSR count). The van der Waals surface area contributed by atoms with Crippen LogP contribution in [0.3, 0.4) is 0 Å². The molecule has 0 fully saturated rings. The van der Waals surface area contributed by atoms with Crippen molar-refractivity contribution in [1.82, 2.24) is 14.5 Å². The van der Waals surface area contributed by atoms with Crippen LogP contribution in [0.1, 0.15) is 10.5 Å². The van der Waals surface area contributed by atoms with Gasteiger partial charge in [0.2, 0.25) is 15.0 Å². The minimum atomic E-state index is -3.54. The van der Waals surface area contributed by atoms with Crippen LogP contribution in [0.2, 0.25) is 0 Å². The predicted molar refractivity (Wildman–Crippen MR) is 91.9 cm³/mol. The Morgan fingerprint density at radius 2 is 1.81 bits per heavy atom. The topological polar surface area (TPSA) is 93.9 Å². The number of hydrogen-bond acceptors (Lipinski definition) is 5. The van der Waals surface area contributed by atoms with Crippen molar-refractivity contribution in [3.05, 3.63) is 60.3 Å². The maximum absolute atomic E-state index is 13.2. The number of halogens is 1. The second kappa shape index (κ2) is 6.03. The number of benzene rings is 1. The van der Waals surface area contributed by atoms with Gasteiger partial charge >= 0.3 is 0 Å². The molecule has 1 N–H and O–H groups in total. The third-order valence-corrected chi connectivity index (χ3v) is 5.65. The molecule has 3 aromatic rings. The van der Waals surface area contributed by atoms with Crippen molar-refractivity contribution in [2.45, 2.75) is 11.7 Å². The number of hydrogen-bond donors (Lipinski definition) is 1. The first-order valence-corrected chi connectivity index (χ1v) is 9.41. The van der Waals surface area contributed by atoms with Crippen LogP contribution in [0.15, 0.2) is 53.9 Å². The first-order chi connectivity index (χ1) is 12.5. The van der Waals surface area contributed by atoms with Crippen LogP contribution < -0.4 is 5.32 Å². The van der Waals surface area contributed by atoms with Crippen molar-refractivity contribution in [1.29, 1.82) is 0 Å². The van der Waals surface area contributed by atoms with Crippen LogP contribution in [0.5, 0.6) is 0 Å². The van der Waals surface area contributed by atoms with Crippen molar-refractivity contribution >= 4 is 21.4 Å². The first-order valence-electron chi connectivity index (χ1n) is 7.76. The van der Waals surface area contributed by atoms with Gasteiger partial charge in [-0.25, -0.2) is 17.8 Å². The fourth-order valence-electron chi connectivity index (χ4n) is 2.84. The second-order valence-corrected chi connectivity index (χ2v) is 7.76. The number of amides is 1. The monoisotopic (exact) mass is 372 g/mol. The number of fused-ring (bicyclic) bond motifs is 1. The molecule has 0 atom stereocenters. The van der Waals surface area contributed by atoms with Crippen molar-refractivity contribution in [2.24, 2.45) is 0 Å². The molecule has 0 unspecified atom stereocenters. The van der Waals surface area contributed by atoms with E-state index in [0.29, 0.717) is 11.3 Å². The molecular formula is C17H13FN4O3S. The Labute approximate surface area is 148 Å². The van der Waals surface area contributed by atoms with Crippen molar-refractivity contribution in [3.8, 4) is 11.3 Å². The number of pyridine rings is 1. The summed E-state index contributed by atoms with van der Waals surface area (Å²) >= 11 is 0. The molecule has 1 amide bonds. The van der Waals surface area contributed by atoms with Gasteiger partial charge in [-0.1, -0.05) is 0 Å². The Balaban J connectivity index is 1.84. The standard InChI is InChI=1S/C17H13FN4O3S/c18-12-3-1-11(2-4-12)14-15(16(23)20-13-5-7-19-8-6-13)22-9-10-26(24,25)17(22)21-14/h1-8H,9-10H2,(H,19,20,23). The molecule has 0 bridgehead atoms. The van der Waals surface area contributed by atoms with Crippen LogP contribution in [0.4, 0.5) is 10.1 Å². The molecule has 1 aliphatic heterocycles. The average molecular weight is 372 g/mol. The summed E-state index contributed by atoms with van der Waals surface area (Å²) in [5.41, 5.74) is 1.31. The minimum absolute atomic E-state index is 0.103. The number of sulfone groups is 1. The van der Waals surface area contributed by atoms with E-state index in [2.05, 4.69) is 15.3 Å². The van der Waals surface area contributed by atoms with Crippen LogP contribution >= 0.6 is 0 Å². The molecule has 0 saturated heterocycles. The van der Waals surface area contributed by atoms with E-state index in [-0.39, 0.29) is 28.8 Å². The molecule has 26 heavy (non-hydrogen) atoms. The quantitative estimate of drug-likeness (QED) is 0.760. The molecule has 132 valence electrons. The van der Waals surface area contributed by atoms with Gasteiger partial charge in [-0.15, -0.1) is 0 Å². The summed E-state index contributed by atoms with van der Waals surface area (Å²) in [5.74, 6) is -1.03. The van der Waals surface area contributed by atoms with E-state index in [9.17, 15) is 17.6 Å². The zero-order valence-electron chi connectivity index (χ0n) is 13.4. The lowest BCUT2D eigenvalue weighted by Gasteiger charge is -2.08. The Hall–Kier alpha value is -3.07. The Bertz CT molecular complexity index is 1090. The number of carbonyl (C=O) groups is 1. The number of imidazole rings is 1. The highest BCUT2D eigenvalue weighted by molar-refractivity contribution is 7.91. The molecule has 0 aliphatic carbocycles. The SMILES string of the molecule is O=C(Nc1ccncc1)c1c(-c2ccc(F)cc2)nc2n1CCS2(=O)=O. The zero-order chi connectivity index (χ0) is 18.3. The zero-order valence-corrected chi connectivity index (χ0v) is 14.2. The van der Waals surface area contributed by atoms with Gasteiger partial charge in [-0.2, -0.15) is 0 Å². The smallest absolute Gasteiger partial charge is 0.274 e. The van der Waals surface area contributed by atoms with E-state index >= 15 is 0 Å². The van der Waals surface area contributed by atoms with E-state index in [4.69, 9.17) is 0 Å². The van der Waals surface area contributed by atoms with Gasteiger partial charge in [0.15, 0.2) is 0 Å². The molecule has 1 aliphatic rings. The summed E-state index contributed by atoms with van der Waals surface area (Å²) in [5, 5.41) is 2.57. The van der Waals surface area contributed by atoms with Gasteiger partial charge in [0.05, 0.1) is 5.75 Å². The maximum Gasteiger partial charge on any atom is 0.274 e. The molecule has 0 radical (unpaired) electrons. The van der Waals surface area contributed by atoms with E-state index < -0.39 is 21.6 Å². The Morgan fingerprint density at radius 3 is 2.50 bits per heavy atom. The molecule has 0 saturated carbocycles. The predicted octanol–water partition coefficient (Wildman–Crippen LogP) is 2.12. The lowest BCUT2D eigenvalue weighted by atomic mass is 10.1. The summed E-state index contributed by atoms with van der Waals surface area (Å²) in [6, 6.07) is 8.63. The van der Waals surface area contributed by atoms with Crippen molar-refractivity contribution in [2.75, 3.05) is 11.1 Å². The number of aromatic nitrogens is 3. The minimum Gasteiger partial charge on any atom is -0.321 e. The fraction of sp³-hybridized carbons (Fsp3) is 0.118. The molecule has 1 aromatic carbocycles. The average Bonchev–Trinajstić information content (AvgIpc) is 3.14. The van der Waals surface area contributed by atoms with Crippen LogP contribution in [-0.2, 0) is 16.4 Å². The highest BCUT2D eigenvalue weighted by Crippen LogP contribution is 2.31. The van der Waals surface area contributed by atoms with E-state index in [0.717, 1.165) is 0 Å².